The monoisotopic (exact) mass is 472 g/mol. The van der Waals surface area contributed by atoms with E-state index in [1.807, 2.05) is 25.1 Å². The van der Waals surface area contributed by atoms with Gasteiger partial charge >= 0.3 is 0 Å². The molecular weight excluding hydrogens is 452 g/mol. The normalized spacial score (nSPS) is 11.3. The molecule has 1 amide bonds. The van der Waals surface area contributed by atoms with E-state index in [1.54, 1.807) is 22.9 Å². The van der Waals surface area contributed by atoms with E-state index >= 15 is 0 Å². The van der Waals surface area contributed by atoms with E-state index in [1.165, 1.54) is 23.1 Å². The molecule has 9 heteroatoms. The van der Waals surface area contributed by atoms with Crippen molar-refractivity contribution in [2.24, 2.45) is 0 Å². The Bertz CT molecular complexity index is 1330. The Kier molecular flexibility index (Phi) is 6.60. The Morgan fingerprint density at radius 1 is 1.29 bits per heavy atom. The van der Waals surface area contributed by atoms with Crippen molar-refractivity contribution in [3.63, 3.8) is 0 Å². The SMILES string of the molecule is CCCCn1c(SCC(=O)Nc2cccc(Cl)c2C)nc2c(sc3ncccc32)c1=O. The largest absolute Gasteiger partial charge is 0.325 e. The van der Waals surface area contributed by atoms with Crippen LogP contribution in [0.1, 0.15) is 25.3 Å². The van der Waals surface area contributed by atoms with Crippen LogP contribution in [-0.4, -0.2) is 26.2 Å². The summed E-state index contributed by atoms with van der Waals surface area (Å²) < 4.78 is 2.29. The summed E-state index contributed by atoms with van der Waals surface area (Å²) in [5, 5.41) is 4.91. The van der Waals surface area contributed by atoms with Crippen molar-refractivity contribution >= 4 is 66.7 Å². The van der Waals surface area contributed by atoms with Crippen molar-refractivity contribution in [2.45, 2.75) is 38.4 Å². The molecule has 1 N–H and O–H groups in total. The summed E-state index contributed by atoms with van der Waals surface area (Å²) in [5.41, 5.74) is 2.08. The summed E-state index contributed by atoms with van der Waals surface area (Å²) in [6.07, 6.45) is 3.53. The third-order valence-corrected chi connectivity index (χ3v) is 7.40. The van der Waals surface area contributed by atoms with Gasteiger partial charge in [0.05, 0.1) is 11.3 Å². The number of carbonyl (C=O) groups is 1. The number of hydrogen-bond acceptors (Lipinski definition) is 6. The van der Waals surface area contributed by atoms with Gasteiger partial charge in [-0.2, -0.15) is 0 Å². The Balaban J connectivity index is 1.65. The van der Waals surface area contributed by atoms with Gasteiger partial charge in [-0.15, -0.1) is 11.3 Å². The van der Waals surface area contributed by atoms with Gasteiger partial charge in [0.15, 0.2) is 5.16 Å². The van der Waals surface area contributed by atoms with E-state index in [0.717, 1.165) is 28.6 Å². The van der Waals surface area contributed by atoms with Gasteiger partial charge in [0.1, 0.15) is 9.53 Å². The molecule has 0 aliphatic carbocycles. The smallest absolute Gasteiger partial charge is 0.272 e. The molecule has 31 heavy (non-hydrogen) atoms. The van der Waals surface area contributed by atoms with Gasteiger partial charge in [-0.25, -0.2) is 9.97 Å². The van der Waals surface area contributed by atoms with Gasteiger partial charge in [0.2, 0.25) is 5.91 Å². The van der Waals surface area contributed by atoms with Gasteiger partial charge in [0, 0.05) is 28.8 Å². The summed E-state index contributed by atoms with van der Waals surface area (Å²) in [7, 11) is 0. The lowest BCUT2D eigenvalue weighted by Gasteiger charge is -2.12. The zero-order valence-corrected chi connectivity index (χ0v) is 19.5. The second-order valence-corrected chi connectivity index (χ2v) is 9.44. The summed E-state index contributed by atoms with van der Waals surface area (Å²) in [6.45, 7) is 4.50. The quantitative estimate of drug-likeness (QED) is 0.284. The zero-order valence-electron chi connectivity index (χ0n) is 17.1. The number of amides is 1. The molecular formula is C22H21ClN4O2S2. The maximum absolute atomic E-state index is 13.2. The molecule has 1 aromatic carbocycles. The minimum Gasteiger partial charge on any atom is -0.325 e. The molecule has 0 saturated heterocycles. The van der Waals surface area contributed by atoms with E-state index in [9.17, 15) is 9.59 Å². The first-order chi connectivity index (χ1) is 15.0. The first-order valence-electron chi connectivity index (χ1n) is 9.95. The number of nitrogens with zero attached hydrogens (tertiary/aromatic N) is 3. The van der Waals surface area contributed by atoms with Crippen LogP contribution in [0.4, 0.5) is 5.69 Å². The summed E-state index contributed by atoms with van der Waals surface area (Å²) in [6, 6.07) is 9.16. The molecule has 0 radical (unpaired) electrons. The second kappa shape index (κ2) is 9.38. The molecule has 0 atom stereocenters. The number of fused-ring (bicyclic) bond motifs is 3. The van der Waals surface area contributed by atoms with Crippen molar-refractivity contribution in [3.05, 3.63) is 57.5 Å². The predicted octanol–water partition coefficient (Wildman–Crippen LogP) is 5.50. The van der Waals surface area contributed by atoms with Gasteiger partial charge in [-0.1, -0.05) is 42.8 Å². The van der Waals surface area contributed by atoms with Crippen molar-refractivity contribution in [3.8, 4) is 0 Å². The van der Waals surface area contributed by atoms with Gasteiger partial charge in [-0.05, 0) is 43.2 Å². The maximum atomic E-state index is 13.2. The molecule has 3 aromatic heterocycles. The number of thioether (sulfide) groups is 1. The van der Waals surface area contributed by atoms with E-state index in [0.29, 0.717) is 32.6 Å². The van der Waals surface area contributed by atoms with Gasteiger partial charge in [0.25, 0.3) is 5.56 Å². The molecule has 0 aliphatic heterocycles. The van der Waals surface area contributed by atoms with Gasteiger partial charge < -0.3 is 5.32 Å². The number of hydrogen-bond donors (Lipinski definition) is 1. The number of rotatable bonds is 7. The molecule has 0 bridgehead atoms. The standard InChI is InChI=1S/C22H21ClN4O2S2/c1-3-4-11-27-21(29)19-18(14-7-6-10-24-20(14)31-19)26-22(27)30-12-17(28)25-16-9-5-8-15(23)13(16)2/h5-10H,3-4,11-12H2,1-2H3,(H,25,28). The molecule has 3 heterocycles. The summed E-state index contributed by atoms with van der Waals surface area (Å²) in [4.78, 5) is 35.7. The number of aromatic nitrogens is 3. The Labute approximate surface area is 192 Å². The number of thiophene rings is 1. The highest BCUT2D eigenvalue weighted by atomic mass is 35.5. The van der Waals surface area contributed by atoms with Crippen LogP contribution < -0.4 is 10.9 Å². The van der Waals surface area contributed by atoms with Crippen molar-refractivity contribution in [1.82, 2.24) is 14.5 Å². The highest BCUT2D eigenvalue weighted by molar-refractivity contribution is 7.99. The summed E-state index contributed by atoms with van der Waals surface area (Å²) >= 11 is 8.77. The highest BCUT2D eigenvalue weighted by Crippen LogP contribution is 2.30. The molecule has 0 fully saturated rings. The van der Waals surface area contributed by atoms with Crippen LogP contribution in [-0.2, 0) is 11.3 Å². The minimum atomic E-state index is -0.177. The average molecular weight is 473 g/mol. The van der Waals surface area contributed by atoms with Crippen LogP contribution in [0.5, 0.6) is 0 Å². The van der Waals surface area contributed by atoms with Crippen LogP contribution in [0.3, 0.4) is 0 Å². The lowest BCUT2D eigenvalue weighted by molar-refractivity contribution is -0.113. The molecule has 160 valence electrons. The lowest BCUT2D eigenvalue weighted by atomic mass is 10.2. The predicted molar refractivity (Wildman–Crippen MR) is 130 cm³/mol. The van der Waals surface area contributed by atoms with Crippen molar-refractivity contribution in [1.29, 1.82) is 0 Å². The number of anilines is 1. The number of pyridine rings is 1. The fraction of sp³-hybridized carbons (Fsp3) is 0.273. The molecule has 0 saturated carbocycles. The third kappa shape index (κ3) is 4.46. The number of benzene rings is 1. The fourth-order valence-electron chi connectivity index (χ4n) is 3.22. The number of unbranched alkanes of at least 4 members (excludes halogenated alkanes) is 1. The highest BCUT2D eigenvalue weighted by Gasteiger charge is 2.18. The van der Waals surface area contributed by atoms with Crippen LogP contribution in [0.2, 0.25) is 5.02 Å². The minimum absolute atomic E-state index is 0.0740. The zero-order chi connectivity index (χ0) is 22.0. The molecule has 0 spiro atoms. The first-order valence-corrected chi connectivity index (χ1v) is 12.1. The third-order valence-electron chi connectivity index (χ3n) is 4.93. The van der Waals surface area contributed by atoms with Crippen LogP contribution in [0, 0.1) is 6.92 Å². The number of halogens is 1. The average Bonchev–Trinajstić information content (AvgIpc) is 3.14. The first kappa shape index (κ1) is 21.8. The van der Waals surface area contributed by atoms with Gasteiger partial charge in [-0.3, -0.25) is 14.2 Å². The lowest BCUT2D eigenvalue weighted by Crippen LogP contribution is -2.23. The molecule has 6 nitrogen and oxygen atoms in total. The fourth-order valence-corrected chi connectivity index (χ4v) is 5.25. The van der Waals surface area contributed by atoms with Crippen LogP contribution in [0.15, 0.2) is 46.5 Å². The Hall–Kier alpha value is -2.42. The maximum Gasteiger partial charge on any atom is 0.272 e. The molecule has 4 rings (SSSR count). The van der Waals surface area contributed by atoms with E-state index in [-0.39, 0.29) is 17.2 Å². The molecule has 0 unspecified atom stereocenters. The Morgan fingerprint density at radius 2 is 2.13 bits per heavy atom. The van der Waals surface area contributed by atoms with Crippen LogP contribution in [0.25, 0.3) is 20.4 Å². The molecule has 4 aromatic rings. The number of nitrogens with one attached hydrogen (secondary N) is 1. The topological polar surface area (TPSA) is 76.9 Å². The second-order valence-electron chi connectivity index (χ2n) is 7.09. The molecule has 0 aliphatic rings. The van der Waals surface area contributed by atoms with Crippen molar-refractivity contribution < 1.29 is 4.79 Å². The Morgan fingerprint density at radius 3 is 2.94 bits per heavy atom. The number of carbonyl (C=O) groups excluding carboxylic acids is 1. The van der Waals surface area contributed by atoms with E-state index < -0.39 is 0 Å². The van der Waals surface area contributed by atoms with Crippen molar-refractivity contribution in [2.75, 3.05) is 11.1 Å². The van der Waals surface area contributed by atoms with Crippen LogP contribution >= 0.6 is 34.7 Å². The van der Waals surface area contributed by atoms with E-state index in [4.69, 9.17) is 16.6 Å². The summed E-state index contributed by atoms with van der Waals surface area (Å²) in [5.74, 6) is -0.0420. The van der Waals surface area contributed by atoms with E-state index in [2.05, 4.69) is 17.2 Å².